The predicted octanol–water partition coefficient (Wildman–Crippen LogP) is 11.7. The van der Waals surface area contributed by atoms with E-state index in [0.717, 1.165) is 54.4 Å². The third kappa shape index (κ3) is 18.5. The summed E-state index contributed by atoms with van der Waals surface area (Å²) in [6.45, 7) is 3.13. The Balaban J connectivity index is 0.502. The van der Waals surface area contributed by atoms with Gasteiger partial charge in [0, 0.05) is 101 Å². The SMILES string of the molecule is O=C(CCCCCNC(=O)NCCOCCOCCNS(=O)(=O)c1ccc(O[C@H]2c3cc(Cl)cc(Cl)c3C[C@@H]2N2C3CCCC2CCC3)cc1)CCCOCCOCCNS(=O)(=O)c1ccc(O[C@H]2c3cc(Cl)cc(Cl)c3C[C@@H]2N2C3CCCC2CCC3)cc1. The van der Waals surface area contributed by atoms with Crippen molar-refractivity contribution in [3.8, 4) is 11.5 Å². The Morgan fingerprint density at radius 2 is 0.844 bits per heavy atom. The highest BCUT2D eigenvalue weighted by atomic mass is 35.5. The molecule has 4 aliphatic heterocycles. The fourth-order valence-corrected chi connectivity index (χ4v) is 17.7. The lowest BCUT2D eigenvalue weighted by atomic mass is 9.82. The number of ether oxygens (including phenoxy) is 6. The molecular weight excluding hydrogens is 1270 g/mol. The Morgan fingerprint density at radius 1 is 0.456 bits per heavy atom. The maximum Gasteiger partial charge on any atom is 0.314 e. The normalized spacial score (nSPS) is 23.3. The molecular formula is C66H88Cl4N6O12S2. The van der Waals surface area contributed by atoms with E-state index in [0.29, 0.717) is 101 Å². The highest BCUT2D eigenvalue weighted by Crippen LogP contribution is 2.49. The molecule has 0 spiro atoms. The number of hydrogen-bond acceptors (Lipinski definition) is 14. The zero-order valence-electron chi connectivity index (χ0n) is 51.3. The number of piperidine rings is 4. The van der Waals surface area contributed by atoms with Gasteiger partial charge in [-0.1, -0.05) is 78.5 Å². The van der Waals surface area contributed by atoms with Crippen LogP contribution in [0.5, 0.6) is 11.5 Å². The van der Waals surface area contributed by atoms with Gasteiger partial charge in [-0.2, -0.15) is 0 Å². The zero-order chi connectivity index (χ0) is 63.0. The van der Waals surface area contributed by atoms with Gasteiger partial charge in [-0.25, -0.2) is 31.1 Å². The molecule has 0 saturated carbocycles. The first-order valence-corrected chi connectivity index (χ1v) is 37.0. The molecule has 2 amide bonds. The Bertz CT molecular complexity index is 2990. The number of amides is 2. The van der Waals surface area contributed by atoms with E-state index in [-0.39, 0.29) is 98.6 Å². The number of carbonyl (C=O) groups excluding carboxylic acids is 2. The van der Waals surface area contributed by atoms with E-state index in [1.807, 2.05) is 12.1 Å². The van der Waals surface area contributed by atoms with Crippen molar-refractivity contribution in [2.24, 2.45) is 0 Å². The standard InChI is InChI=1S/C66H88Cl4N6O12S2/c67-45-39-58-56(60(69)41-45)43-62(75-47-9-4-10-48(75)12-5-11-47)64(58)87-52-19-23-54(24-20-52)89(79,80)73-29-33-85-36-35-83-31-8-18-51(77)17-2-1-3-27-71-66(78)72-28-32-84-37-38-86-34-30-74-90(81,82)55-25-21-53(22-26-55)88-65-59-40-46(68)42-61(70)57(59)44-63(65)76-49-13-6-14-50(76)16-7-15-49/h19-26,39-42,47-50,62-65,73-74H,1-18,27-38,43-44H2,(H2,71,72,78)/t47?,48?,49?,50?,62-,63-,64-,65-/m0/s1. The zero-order valence-corrected chi connectivity index (χ0v) is 56.0. The minimum absolute atomic E-state index is 0.0792. The van der Waals surface area contributed by atoms with E-state index in [1.54, 1.807) is 60.7 Å². The number of rotatable bonds is 35. The molecule has 24 heteroatoms. The molecule has 4 aromatic carbocycles. The lowest BCUT2D eigenvalue weighted by Gasteiger charge is -2.50. The fraction of sp³-hybridized carbons (Fsp3) is 0.606. The highest BCUT2D eigenvalue weighted by molar-refractivity contribution is 7.89. The number of sulfonamides is 2. The van der Waals surface area contributed by atoms with E-state index in [4.69, 9.17) is 74.8 Å². The minimum Gasteiger partial charge on any atom is -0.484 e. The molecule has 0 radical (unpaired) electrons. The fourth-order valence-electron chi connectivity index (χ4n) is 14.5. The Hall–Kier alpha value is -3.84. The average molecular weight is 1360 g/mol. The van der Waals surface area contributed by atoms with Crippen molar-refractivity contribution in [2.45, 2.75) is 187 Å². The third-order valence-corrected chi connectivity index (χ3v) is 22.7. The summed E-state index contributed by atoms with van der Waals surface area (Å²) in [5.74, 6) is 1.32. The predicted molar refractivity (Wildman–Crippen MR) is 350 cm³/mol. The molecule has 4 bridgehead atoms. The number of carbonyl (C=O) groups is 2. The van der Waals surface area contributed by atoms with Crippen LogP contribution in [0.2, 0.25) is 20.1 Å². The van der Waals surface area contributed by atoms with Crippen molar-refractivity contribution in [1.29, 1.82) is 0 Å². The molecule has 4 aromatic rings. The maximum absolute atomic E-state index is 13.2. The van der Waals surface area contributed by atoms with Gasteiger partial charge in [0.1, 0.15) is 29.5 Å². The molecule has 4 heterocycles. The van der Waals surface area contributed by atoms with E-state index in [9.17, 15) is 26.4 Å². The molecule has 18 nitrogen and oxygen atoms in total. The number of unbranched alkanes of at least 4 members (excludes halogenated alkanes) is 2. The van der Waals surface area contributed by atoms with E-state index in [2.05, 4.69) is 29.9 Å². The maximum atomic E-state index is 13.2. The first-order valence-electron chi connectivity index (χ1n) is 32.5. The van der Waals surface area contributed by atoms with Gasteiger partial charge in [-0.3, -0.25) is 14.6 Å². The summed E-state index contributed by atoms with van der Waals surface area (Å²) in [7, 11) is -7.59. The van der Waals surface area contributed by atoms with Gasteiger partial charge < -0.3 is 39.1 Å². The quantitative estimate of drug-likeness (QED) is 0.0316. The van der Waals surface area contributed by atoms with Crippen LogP contribution in [0, 0.1) is 0 Å². The minimum atomic E-state index is -3.80. The number of benzene rings is 4. The Morgan fingerprint density at radius 3 is 1.28 bits per heavy atom. The van der Waals surface area contributed by atoms with Gasteiger partial charge in [-0.05, 0) is 167 Å². The molecule has 0 aromatic heterocycles. The van der Waals surface area contributed by atoms with Gasteiger partial charge in [0.25, 0.3) is 0 Å². The molecule has 4 fully saturated rings. The molecule has 6 aliphatic rings. The molecule has 494 valence electrons. The first kappa shape index (κ1) is 69.0. The van der Waals surface area contributed by atoms with Gasteiger partial charge in [-0.15, -0.1) is 0 Å². The first-order chi connectivity index (χ1) is 43.6. The highest BCUT2D eigenvalue weighted by Gasteiger charge is 2.48. The number of ketones is 1. The Kier molecular flexibility index (Phi) is 25.7. The summed E-state index contributed by atoms with van der Waals surface area (Å²) >= 11 is 26.5. The molecule has 10 rings (SSSR count). The number of hydrogen-bond donors (Lipinski definition) is 4. The van der Waals surface area contributed by atoms with Gasteiger partial charge in [0.15, 0.2) is 0 Å². The molecule has 4 N–H and O–H groups in total. The average Bonchev–Trinajstić information content (AvgIpc) is 1.58. The summed E-state index contributed by atoms with van der Waals surface area (Å²) in [5.41, 5.74) is 4.14. The van der Waals surface area contributed by atoms with Crippen LogP contribution < -0.4 is 29.6 Å². The smallest absolute Gasteiger partial charge is 0.314 e. The lowest BCUT2D eigenvalue weighted by Crippen LogP contribution is -2.56. The lowest BCUT2D eigenvalue weighted by molar-refractivity contribution is -0.119. The second-order valence-electron chi connectivity index (χ2n) is 24.6. The van der Waals surface area contributed by atoms with E-state index < -0.39 is 20.0 Å². The summed E-state index contributed by atoms with van der Waals surface area (Å²) in [4.78, 5) is 30.3. The van der Waals surface area contributed by atoms with Crippen molar-refractivity contribution in [1.82, 2.24) is 29.9 Å². The van der Waals surface area contributed by atoms with Crippen LogP contribution in [-0.4, -0.2) is 154 Å². The number of fused-ring (bicyclic) bond motifs is 6. The van der Waals surface area contributed by atoms with Crippen molar-refractivity contribution in [2.75, 3.05) is 79.0 Å². The molecule has 4 saturated heterocycles. The number of urea groups is 1. The number of halogens is 4. The van der Waals surface area contributed by atoms with Crippen LogP contribution in [0.1, 0.15) is 150 Å². The molecule has 4 atom stereocenters. The van der Waals surface area contributed by atoms with E-state index >= 15 is 0 Å². The second kappa shape index (κ2) is 33.5. The summed E-state index contributed by atoms with van der Waals surface area (Å²) in [6, 6.07) is 22.6. The Labute approximate surface area is 551 Å². The summed E-state index contributed by atoms with van der Waals surface area (Å²) in [5, 5.41) is 8.02. The van der Waals surface area contributed by atoms with Crippen molar-refractivity contribution >= 4 is 78.3 Å². The largest absolute Gasteiger partial charge is 0.484 e. The monoisotopic (exact) mass is 1360 g/mol. The van der Waals surface area contributed by atoms with Crippen LogP contribution in [0.3, 0.4) is 0 Å². The van der Waals surface area contributed by atoms with Crippen LogP contribution >= 0.6 is 46.4 Å². The second-order valence-corrected chi connectivity index (χ2v) is 29.8. The van der Waals surface area contributed by atoms with Crippen molar-refractivity contribution < 1.29 is 54.8 Å². The molecule has 0 unspecified atom stereocenters. The number of nitrogens with zero attached hydrogens (tertiary/aromatic N) is 2. The van der Waals surface area contributed by atoms with Crippen LogP contribution in [0.4, 0.5) is 4.79 Å². The van der Waals surface area contributed by atoms with Crippen LogP contribution in [0.15, 0.2) is 82.6 Å². The van der Waals surface area contributed by atoms with Gasteiger partial charge in [0.05, 0.1) is 68.1 Å². The third-order valence-electron chi connectivity index (χ3n) is 18.6. The van der Waals surface area contributed by atoms with Gasteiger partial charge in [0.2, 0.25) is 20.0 Å². The van der Waals surface area contributed by atoms with Crippen molar-refractivity contribution in [3.05, 3.63) is 115 Å². The van der Waals surface area contributed by atoms with Crippen LogP contribution in [-0.2, 0) is 56.6 Å². The summed E-state index contributed by atoms with van der Waals surface area (Å²) in [6.07, 6.45) is 19.3. The molecule has 2 aliphatic carbocycles. The van der Waals surface area contributed by atoms with Gasteiger partial charge >= 0.3 is 6.03 Å². The number of nitrogens with one attached hydrogen (secondary N) is 4. The molecule has 90 heavy (non-hydrogen) atoms. The van der Waals surface area contributed by atoms with E-state index in [1.165, 1.54) is 77.0 Å². The van der Waals surface area contributed by atoms with Crippen molar-refractivity contribution in [3.63, 3.8) is 0 Å². The van der Waals surface area contributed by atoms with Crippen LogP contribution in [0.25, 0.3) is 0 Å². The number of Topliss-reactive ketones (excluding diaryl/α,β-unsaturated/α-hetero) is 1. The topological polar surface area (TPSA) is 212 Å². The summed E-state index contributed by atoms with van der Waals surface area (Å²) < 4.78 is 93.6.